The molecule has 3 aromatic heterocycles. The molecule has 0 amide bonds. The van der Waals surface area contributed by atoms with Gasteiger partial charge in [0.05, 0.1) is 24.0 Å². The molecule has 0 aromatic carbocycles. The lowest BCUT2D eigenvalue weighted by Gasteiger charge is -2.21. The number of nitrogens with zero attached hydrogens (tertiary/aromatic N) is 6. The third kappa shape index (κ3) is 3.29. The van der Waals surface area contributed by atoms with Crippen molar-refractivity contribution in [2.24, 2.45) is 0 Å². The molecule has 7 heteroatoms. The van der Waals surface area contributed by atoms with Crippen molar-refractivity contribution in [2.45, 2.75) is 13.3 Å². The van der Waals surface area contributed by atoms with Crippen LogP contribution in [0, 0.1) is 0 Å². The van der Waals surface area contributed by atoms with Crippen LogP contribution in [-0.2, 0) is 4.74 Å². The van der Waals surface area contributed by atoms with Crippen molar-refractivity contribution in [2.75, 3.05) is 31.7 Å². The maximum Gasteiger partial charge on any atom is 0.225 e. The smallest absolute Gasteiger partial charge is 0.225 e. The Morgan fingerprint density at radius 2 is 2.09 bits per heavy atom. The zero-order valence-electron chi connectivity index (χ0n) is 13.4. The SMILES string of the molecule is CCCN(CCOC)c1nccc(-c2cnn3ncccc23)n1. The normalized spacial score (nSPS) is 11.0. The van der Waals surface area contributed by atoms with E-state index in [1.165, 1.54) is 0 Å². The molecule has 0 radical (unpaired) electrons. The minimum absolute atomic E-state index is 0.647. The van der Waals surface area contributed by atoms with Gasteiger partial charge in [-0.3, -0.25) is 0 Å². The second kappa shape index (κ2) is 7.15. The van der Waals surface area contributed by atoms with E-state index in [0.717, 1.165) is 36.3 Å². The molecule has 0 N–H and O–H groups in total. The van der Waals surface area contributed by atoms with Gasteiger partial charge in [-0.1, -0.05) is 6.92 Å². The van der Waals surface area contributed by atoms with Gasteiger partial charge in [-0.2, -0.15) is 14.8 Å². The summed E-state index contributed by atoms with van der Waals surface area (Å²) >= 11 is 0. The third-order valence-corrected chi connectivity index (χ3v) is 3.56. The summed E-state index contributed by atoms with van der Waals surface area (Å²) in [6.45, 7) is 4.45. The van der Waals surface area contributed by atoms with E-state index in [-0.39, 0.29) is 0 Å². The number of methoxy groups -OCH3 is 1. The third-order valence-electron chi connectivity index (χ3n) is 3.56. The van der Waals surface area contributed by atoms with Crippen molar-refractivity contribution in [3.63, 3.8) is 0 Å². The van der Waals surface area contributed by atoms with E-state index in [1.807, 2.05) is 18.2 Å². The monoisotopic (exact) mass is 312 g/mol. The molecule has 0 fully saturated rings. The van der Waals surface area contributed by atoms with Crippen LogP contribution in [0.5, 0.6) is 0 Å². The van der Waals surface area contributed by atoms with Crippen LogP contribution in [-0.4, -0.2) is 51.6 Å². The number of hydrogen-bond acceptors (Lipinski definition) is 6. The molecule has 0 atom stereocenters. The number of ether oxygens (including phenoxy) is 1. The Balaban J connectivity index is 1.95. The molecule has 0 saturated carbocycles. The van der Waals surface area contributed by atoms with E-state index in [4.69, 9.17) is 9.72 Å². The van der Waals surface area contributed by atoms with E-state index >= 15 is 0 Å². The van der Waals surface area contributed by atoms with E-state index in [2.05, 4.69) is 27.0 Å². The predicted octanol–water partition coefficient (Wildman–Crippen LogP) is 2.05. The summed E-state index contributed by atoms with van der Waals surface area (Å²) in [5, 5.41) is 8.46. The zero-order chi connectivity index (χ0) is 16.1. The van der Waals surface area contributed by atoms with Crippen molar-refractivity contribution < 1.29 is 4.74 Å². The van der Waals surface area contributed by atoms with Crippen LogP contribution in [0.25, 0.3) is 16.8 Å². The predicted molar refractivity (Wildman–Crippen MR) is 88.4 cm³/mol. The van der Waals surface area contributed by atoms with Crippen LogP contribution < -0.4 is 4.90 Å². The number of anilines is 1. The lowest BCUT2D eigenvalue weighted by atomic mass is 10.2. The molecule has 3 rings (SSSR count). The van der Waals surface area contributed by atoms with Gasteiger partial charge < -0.3 is 9.64 Å². The van der Waals surface area contributed by atoms with Crippen molar-refractivity contribution >= 4 is 11.5 Å². The topological polar surface area (TPSA) is 68.4 Å². The molecule has 0 unspecified atom stereocenters. The van der Waals surface area contributed by atoms with Gasteiger partial charge in [0.1, 0.15) is 0 Å². The van der Waals surface area contributed by atoms with Gasteiger partial charge in [0.25, 0.3) is 0 Å². The van der Waals surface area contributed by atoms with E-state index in [0.29, 0.717) is 12.6 Å². The number of rotatable bonds is 7. The first-order valence-corrected chi connectivity index (χ1v) is 7.70. The summed E-state index contributed by atoms with van der Waals surface area (Å²) in [6, 6.07) is 5.77. The molecular weight excluding hydrogens is 292 g/mol. The largest absolute Gasteiger partial charge is 0.383 e. The van der Waals surface area contributed by atoms with Crippen LogP contribution >= 0.6 is 0 Å². The fraction of sp³-hybridized carbons (Fsp3) is 0.375. The zero-order valence-corrected chi connectivity index (χ0v) is 13.4. The van der Waals surface area contributed by atoms with Crippen molar-refractivity contribution in [3.8, 4) is 11.3 Å². The minimum Gasteiger partial charge on any atom is -0.383 e. The van der Waals surface area contributed by atoms with Crippen LogP contribution in [0.2, 0.25) is 0 Å². The van der Waals surface area contributed by atoms with Crippen molar-refractivity contribution in [1.29, 1.82) is 0 Å². The number of fused-ring (bicyclic) bond motifs is 1. The highest BCUT2D eigenvalue weighted by Gasteiger charge is 2.13. The van der Waals surface area contributed by atoms with Gasteiger partial charge in [-0.25, -0.2) is 9.97 Å². The molecule has 7 nitrogen and oxygen atoms in total. The maximum absolute atomic E-state index is 5.18. The van der Waals surface area contributed by atoms with E-state index < -0.39 is 0 Å². The standard InChI is InChI=1S/C16H20N6O/c1-3-9-21(10-11-23-2)16-17-8-6-14(20-16)13-12-19-22-15(13)5-4-7-18-22/h4-8,12H,3,9-11H2,1-2H3. The minimum atomic E-state index is 0.647. The van der Waals surface area contributed by atoms with Gasteiger partial charge in [0, 0.05) is 38.2 Å². The Kier molecular flexibility index (Phi) is 4.77. The first kappa shape index (κ1) is 15.4. The summed E-state index contributed by atoms with van der Waals surface area (Å²) in [7, 11) is 1.70. The van der Waals surface area contributed by atoms with Crippen molar-refractivity contribution in [3.05, 3.63) is 36.8 Å². The van der Waals surface area contributed by atoms with Gasteiger partial charge >= 0.3 is 0 Å². The molecule has 0 aliphatic rings. The highest BCUT2D eigenvalue weighted by Crippen LogP contribution is 2.23. The second-order valence-electron chi connectivity index (χ2n) is 5.18. The van der Waals surface area contributed by atoms with Crippen molar-refractivity contribution in [1.82, 2.24) is 24.8 Å². The van der Waals surface area contributed by atoms with Crippen LogP contribution in [0.15, 0.2) is 36.8 Å². The fourth-order valence-corrected chi connectivity index (χ4v) is 2.46. The van der Waals surface area contributed by atoms with Crippen LogP contribution in [0.1, 0.15) is 13.3 Å². The second-order valence-corrected chi connectivity index (χ2v) is 5.18. The van der Waals surface area contributed by atoms with Gasteiger partial charge in [0.2, 0.25) is 5.95 Å². The molecule has 120 valence electrons. The molecule has 0 spiro atoms. The van der Waals surface area contributed by atoms with Gasteiger partial charge in [0.15, 0.2) is 0 Å². The Morgan fingerprint density at radius 3 is 2.91 bits per heavy atom. The van der Waals surface area contributed by atoms with Crippen LogP contribution in [0.3, 0.4) is 0 Å². The van der Waals surface area contributed by atoms with Crippen LogP contribution in [0.4, 0.5) is 5.95 Å². The fourth-order valence-electron chi connectivity index (χ4n) is 2.46. The molecule has 23 heavy (non-hydrogen) atoms. The first-order valence-electron chi connectivity index (χ1n) is 7.70. The van der Waals surface area contributed by atoms with E-state index in [1.54, 1.807) is 30.3 Å². The Hall–Kier alpha value is -2.54. The summed E-state index contributed by atoms with van der Waals surface area (Å²) in [4.78, 5) is 11.3. The molecule has 3 heterocycles. The Morgan fingerprint density at radius 1 is 1.17 bits per heavy atom. The maximum atomic E-state index is 5.18. The lowest BCUT2D eigenvalue weighted by Crippen LogP contribution is -2.29. The quantitative estimate of drug-likeness (QED) is 0.665. The summed E-state index contributed by atoms with van der Waals surface area (Å²) < 4.78 is 6.78. The first-order chi connectivity index (χ1) is 11.3. The summed E-state index contributed by atoms with van der Waals surface area (Å²) in [6.07, 6.45) is 6.31. The van der Waals surface area contributed by atoms with E-state index in [9.17, 15) is 0 Å². The lowest BCUT2D eigenvalue weighted by molar-refractivity contribution is 0.205. The highest BCUT2D eigenvalue weighted by atomic mass is 16.5. The van der Waals surface area contributed by atoms with Gasteiger partial charge in [-0.05, 0) is 24.6 Å². The molecule has 3 aromatic rings. The molecule has 0 aliphatic heterocycles. The number of aromatic nitrogens is 5. The molecule has 0 saturated heterocycles. The highest BCUT2D eigenvalue weighted by molar-refractivity contribution is 5.77. The number of hydrogen-bond donors (Lipinski definition) is 0. The average Bonchev–Trinajstić information content (AvgIpc) is 3.03. The van der Waals surface area contributed by atoms with Gasteiger partial charge in [-0.15, -0.1) is 0 Å². The average molecular weight is 312 g/mol. The molecular formula is C16H20N6O. The Bertz CT molecular complexity index is 772. The summed E-state index contributed by atoms with van der Waals surface area (Å²) in [5.41, 5.74) is 2.72. The summed E-state index contributed by atoms with van der Waals surface area (Å²) in [5.74, 6) is 0.713. The Labute approximate surface area is 134 Å². The molecule has 0 bridgehead atoms. The molecule has 0 aliphatic carbocycles.